The molecule has 0 aliphatic heterocycles. The van der Waals surface area contributed by atoms with Gasteiger partial charge in [-0.25, -0.2) is 4.68 Å². The summed E-state index contributed by atoms with van der Waals surface area (Å²) in [5, 5.41) is 6.71. The Morgan fingerprint density at radius 2 is 1.81 bits per heavy atom. The Hall–Kier alpha value is -2.80. The van der Waals surface area contributed by atoms with E-state index in [1.165, 1.54) is 24.3 Å². The number of rotatable bonds is 4. The first-order valence-corrected chi connectivity index (χ1v) is 8.49. The van der Waals surface area contributed by atoms with Gasteiger partial charge in [0.05, 0.1) is 17.4 Å². The van der Waals surface area contributed by atoms with Crippen LogP contribution < -0.4 is 5.32 Å². The van der Waals surface area contributed by atoms with Crippen molar-refractivity contribution in [3.63, 3.8) is 0 Å². The van der Waals surface area contributed by atoms with Gasteiger partial charge in [0, 0.05) is 10.7 Å². The summed E-state index contributed by atoms with van der Waals surface area (Å²) < 4.78 is 41.7. The van der Waals surface area contributed by atoms with Gasteiger partial charge in [-0.2, -0.15) is 18.3 Å². The summed E-state index contributed by atoms with van der Waals surface area (Å²) >= 11 is 5.79. The van der Waals surface area contributed by atoms with Gasteiger partial charge in [-0.15, -0.1) is 0 Å². The van der Waals surface area contributed by atoms with Gasteiger partial charge in [0.2, 0.25) is 0 Å². The molecule has 140 valence electrons. The zero-order valence-corrected chi connectivity index (χ0v) is 15.0. The highest BCUT2D eigenvalue weighted by molar-refractivity contribution is 6.30. The van der Waals surface area contributed by atoms with Gasteiger partial charge in [0.15, 0.2) is 5.69 Å². The number of amides is 1. The Morgan fingerprint density at radius 1 is 1.15 bits per heavy atom. The lowest BCUT2D eigenvalue weighted by Crippen LogP contribution is -2.21. The van der Waals surface area contributed by atoms with Gasteiger partial charge >= 0.3 is 6.18 Å². The van der Waals surface area contributed by atoms with Crippen molar-refractivity contribution in [3.05, 3.63) is 76.6 Å². The Labute approximate surface area is 158 Å². The lowest BCUT2D eigenvalue weighted by Gasteiger charge is -2.14. The molecule has 0 fully saturated rings. The fraction of sp³-hybridized carbons (Fsp3) is 0.158. The van der Waals surface area contributed by atoms with Crippen molar-refractivity contribution in [2.24, 2.45) is 0 Å². The highest BCUT2D eigenvalue weighted by Crippen LogP contribution is 2.34. The van der Waals surface area contributed by atoms with Gasteiger partial charge in [-0.3, -0.25) is 4.79 Å². The normalized spacial score (nSPS) is 11.4. The number of carbonyl (C=O) groups excluding carboxylic acids is 1. The number of nitrogens with one attached hydrogen (secondary N) is 1. The zero-order chi connectivity index (χ0) is 19.6. The van der Waals surface area contributed by atoms with Crippen molar-refractivity contribution in [2.45, 2.75) is 19.5 Å². The summed E-state index contributed by atoms with van der Waals surface area (Å²) in [6, 6.07) is 12.7. The molecule has 0 bridgehead atoms. The van der Waals surface area contributed by atoms with Crippen LogP contribution in [-0.4, -0.2) is 15.7 Å². The molecule has 2 aromatic carbocycles. The summed E-state index contributed by atoms with van der Waals surface area (Å²) in [6.45, 7) is 1.89. The highest BCUT2D eigenvalue weighted by atomic mass is 35.5. The van der Waals surface area contributed by atoms with Crippen molar-refractivity contribution in [1.82, 2.24) is 9.78 Å². The van der Waals surface area contributed by atoms with Gasteiger partial charge in [0.25, 0.3) is 5.91 Å². The minimum absolute atomic E-state index is 0.153. The number of anilines is 1. The van der Waals surface area contributed by atoms with E-state index in [0.29, 0.717) is 21.8 Å². The molecule has 3 aromatic rings. The van der Waals surface area contributed by atoms with Crippen LogP contribution in [0.25, 0.3) is 5.69 Å². The minimum Gasteiger partial charge on any atom is -0.322 e. The average Bonchev–Trinajstić information content (AvgIpc) is 3.08. The predicted molar refractivity (Wildman–Crippen MR) is 97.3 cm³/mol. The molecule has 1 amide bonds. The van der Waals surface area contributed by atoms with Gasteiger partial charge < -0.3 is 5.32 Å². The predicted octanol–water partition coefficient (Wildman–Crippen LogP) is 5.36. The molecule has 0 aliphatic rings. The molecule has 0 spiro atoms. The Balaban J connectivity index is 2.03. The average molecular weight is 394 g/mol. The first-order chi connectivity index (χ1) is 12.8. The Kier molecular flexibility index (Phi) is 5.23. The first kappa shape index (κ1) is 19.0. The summed E-state index contributed by atoms with van der Waals surface area (Å²) in [6.07, 6.45) is -3.22. The van der Waals surface area contributed by atoms with E-state index >= 15 is 0 Å². The summed E-state index contributed by atoms with van der Waals surface area (Å²) in [5.74, 6) is -0.872. The summed E-state index contributed by atoms with van der Waals surface area (Å²) in [5.41, 5.74) is -0.249. The van der Waals surface area contributed by atoms with Gasteiger partial charge in [-0.1, -0.05) is 36.7 Å². The van der Waals surface area contributed by atoms with Crippen LogP contribution in [0, 0.1) is 0 Å². The summed E-state index contributed by atoms with van der Waals surface area (Å²) in [4.78, 5) is 12.6. The molecular weight excluding hydrogens is 379 g/mol. The maximum atomic E-state index is 13.7. The standard InChI is InChI=1S/C19H15ClF3N3O/c1-2-12-5-3-4-6-16(12)25-18(27)15-11-24-26(17(15)19(21,22)23)14-9-7-13(20)8-10-14/h3-11H,2H2,1H3,(H,25,27). The number of benzene rings is 2. The number of hydrogen-bond acceptors (Lipinski definition) is 2. The third-order valence-corrected chi connectivity index (χ3v) is 4.25. The van der Waals surface area contributed by atoms with Crippen LogP contribution in [-0.2, 0) is 12.6 Å². The number of aryl methyl sites for hydroxylation is 1. The molecule has 0 aliphatic carbocycles. The van der Waals surface area contributed by atoms with Crippen LogP contribution in [0.1, 0.15) is 28.5 Å². The molecule has 0 saturated carbocycles. The number of para-hydroxylation sites is 1. The van der Waals surface area contributed by atoms with E-state index in [-0.39, 0.29) is 5.69 Å². The second-order valence-electron chi connectivity index (χ2n) is 5.76. The van der Waals surface area contributed by atoms with Crippen LogP contribution in [0.2, 0.25) is 5.02 Å². The van der Waals surface area contributed by atoms with E-state index in [2.05, 4.69) is 10.4 Å². The van der Waals surface area contributed by atoms with Crippen LogP contribution in [0.3, 0.4) is 0 Å². The molecule has 0 atom stereocenters. The molecule has 0 unspecified atom stereocenters. The van der Waals surface area contributed by atoms with Crippen molar-refractivity contribution in [1.29, 1.82) is 0 Å². The SMILES string of the molecule is CCc1ccccc1NC(=O)c1cnn(-c2ccc(Cl)cc2)c1C(F)(F)F. The molecule has 0 radical (unpaired) electrons. The van der Waals surface area contributed by atoms with Crippen LogP contribution in [0.15, 0.2) is 54.7 Å². The fourth-order valence-electron chi connectivity index (χ4n) is 2.71. The van der Waals surface area contributed by atoms with E-state index < -0.39 is 23.3 Å². The largest absolute Gasteiger partial charge is 0.434 e. The van der Waals surface area contributed by atoms with Crippen molar-refractivity contribution < 1.29 is 18.0 Å². The van der Waals surface area contributed by atoms with Crippen LogP contribution in [0.4, 0.5) is 18.9 Å². The molecule has 8 heteroatoms. The summed E-state index contributed by atoms with van der Waals surface area (Å²) in [7, 11) is 0. The van der Waals surface area contributed by atoms with E-state index in [0.717, 1.165) is 11.8 Å². The van der Waals surface area contributed by atoms with Gasteiger partial charge in [-0.05, 0) is 42.3 Å². The lowest BCUT2D eigenvalue weighted by atomic mass is 10.1. The molecule has 1 N–H and O–H groups in total. The Bertz CT molecular complexity index is 965. The van der Waals surface area contributed by atoms with Crippen molar-refractivity contribution in [2.75, 3.05) is 5.32 Å². The second-order valence-corrected chi connectivity index (χ2v) is 6.19. The first-order valence-electron chi connectivity index (χ1n) is 8.11. The van der Waals surface area contributed by atoms with E-state index in [4.69, 9.17) is 11.6 Å². The molecular formula is C19H15ClF3N3O. The molecule has 3 rings (SSSR count). The van der Waals surface area contributed by atoms with Crippen molar-refractivity contribution >= 4 is 23.2 Å². The van der Waals surface area contributed by atoms with Crippen molar-refractivity contribution in [3.8, 4) is 5.69 Å². The number of hydrogen-bond donors (Lipinski definition) is 1. The maximum absolute atomic E-state index is 13.7. The lowest BCUT2D eigenvalue weighted by molar-refractivity contribution is -0.143. The third kappa shape index (κ3) is 3.98. The number of halogens is 4. The number of aromatic nitrogens is 2. The zero-order valence-electron chi connectivity index (χ0n) is 14.2. The van der Waals surface area contributed by atoms with Gasteiger partial charge in [0.1, 0.15) is 0 Å². The number of carbonyl (C=O) groups is 1. The molecule has 0 saturated heterocycles. The molecule has 4 nitrogen and oxygen atoms in total. The topological polar surface area (TPSA) is 46.9 Å². The second kappa shape index (κ2) is 7.44. The van der Waals surface area contributed by atoms with E-state index in [9.17, 15) is 18.0 Å². The smallest absolute Gasteiger partial charge is 0.322 e. The highest BCUT2D eigenvalue weighted by Gasteiger charge is 2.40. The monoisotopic (exact) mass is 393 g/mol. The molecule has 27 heavy (non-hydrogen) atoms. The fourth-order valence-corrected chi connectivity index (χ4v) is 2.83. The number of nitrogens with zero attached hydrogens (tertiary/aromatic N) is 2. The van der Waals surface area contributed by atoms with Crippen LogP contribution in [0.5, 0.6) is 0 Å². The molecule has 1 heterocycles. The molecule has 1 aromatic heterocycles. The minimum atomic E-state index is -4.77. The third-order valence-electron chi connectivity index (χ3n) is 4.00. The quantitative estimate of drug-likeness (QED) is 0.648. The number of alkyl halides is 3. The van der Waals surface area contributed by atoms with E-state index in [1.807, 2.05) is 6.92 Å². The van der Waals surface area contributed by atoms with E-state index in [1.54, 1.807) is 24.3 Å². The van der Waals surface area contributed by atoms with Crippen LogP contribution >= 0.6 is 11.6 Å². The Morgan fingerprint density at radius 3 is 2.44 bits per heavy atom. The maximum Gasteiger partial charge on any atom is 0.434 e.